The molecular formula is C13H15ClN2O2. The molecule has 4 nitrogen and oxygen atoms in total. The predicted octanol–water partition coefficient (Wildman–Crippen LogP) is 2.32. The van der Waals surface area contributed by atoms with Gasteiger partial charge in [0.1, 0.15) is 5.69 Å². The van der Waals surface area contributed by atoms with Crippen molar-refractivity contribution < 1.29 is 9.90 Å². The van der Waals surface area contributed by atoms with Crippen molar-refractivity contribution >= 4 is 28.4 Å². The number of halogens is 1. The molecule has 0 unspecified atom stereocenters. The minimum Gasteiger partial charge on any atom is -0.396 e. The van der Waals surface area contributed by atoms with Gasteiger partial charge in [-0.25, -0.2) is 0 Å². The van der Waals surface area contributed by atoms with Crippen molar-refractivity contribution in [1.29, 1.82) is 0 Å². The van der Waals surface area contributed by atoms with E-state index in [1.165, 1.54) is 0 Å². The molecule has 2 rings (SSSR count). The average molecular weight is 267 g/mol. The fraction of sp³-hybridized carbons (Fsp3) is 0.308. The molecule has 0 atom stereocenters. The van der Waals surface area contributed by atoms with Crippen LogP contribution in [0.3, 0.4) is 0 Å². The van der Waals surface area contributed by atoms with E-state index in [1.807, 2.05) is 12.1 Å². The molecule has 1 aromatic heterocycles. The maximum absolute atomic E-state index is 11.8. The molecule has 0 saturated heterocycles. The first-order valence-corrected chi connectivity index (χ1v) is 6.26. The number of hydrogen-bond acceptors (Lipinski definition) is 2. The molecule has 1 heterocycles. The second-order valence-electron chi connectivity index (χ2n) is 4.10. The molecule has 0 spiro atoms. The lowest BCUT2D eigenvalue weighted by molar-refractivity contribution is 0.0948. The van der Waals surface area contributed by atoms with Gasteiger partial charge >= 0.3 is 0 Å². The molecule has 3 N–H and O–H groups in total. The van der Waals surface area contributed by atoms with E-state index >= 15 is 0 Å². The zero-order valence-electron chi connectivity index (χ0n) is 9.87. The van der Waals surface area contributed by atoms with E-state index in [4.69, 9.17) is 16.7 Å². The van der Waals surface area contributed by atoms with Crippen LogP contribution < -0.4 is 5.32 Å². The summed E-state index contributed by atoms with van der Waals surface area (Å²) in [5.74, 6) is -0.139. The fourth-order valence-corrected chi connectivity index (χ4v) is 1.94. The van der Waals surface area contributed by atoms with Crippen LogP contribution in [0.15, 0.2) is 24.3 Å². The highest BCUT2D eigenvalue weighted by molar-refractivity contribution is 6.31. The van der Waals surface area contributed by atoms with Crippen LogP contribution in [0.1, 0.15) is 23.3 Å². The second kappa shape index (κ2) is 5.89. The highest BCUT2D eigenvalue weighted by Gasteiger charge is 2.08. The maximum Gasteiger partial charge on any atom is 0.267 e. The highest BCUT2D eigenvalue weighted by atomic mass is 35.5. The van der Waals surface area contributed by atoms with Gasteiger partial charge in [-0.1, -0.05) is 11.6 Å². The summed E-state index contributed by atoms with van der Waals surface area (Å²) in [5.41, 5.74) is 1.41. The van der Waals surface area contributed by atoms with Crippen molar-refractivity contribution in [2.75, 3.05) is 13.2 Å². The molecule has 5 heteroatoms. The van der Waals surface area contributed by atoms with E-state index < -0.39 is 0 Å². The van der Waals surface area contributed by atoms with Crippen molar-refractivity contribution in [3.63, 3.8) is 0 Å². The third kappa shape index (κ3) is 3.03. The molecule has 0 saturated carbocycles. The SMILES string of the molecule is O=C(NCCCCO)c1cc2cc(Cl)ccc2[nH]1. The normalized spacial score (nSPS) is 10.8. The lowest BCUT2D eigenvalue weighted by Crippen LogP contribution is -2.24. The summed E-state index contributed by atoms with van der Waals surface area (Å²) in [6.45, 7) is 0.719. The Morgan fingerprint density at radius 3 is 2.94 bits per heavy atom. The summed E-state index contributed by atoms with van der Waals surface area (Å²) >= 11 is 5.89. The van der Waals surface area contributed by atoms with Crippen LogP contribution in [0.5, 0.6) is 0 Å². The van der Waals surface area contributed by atoms with Crippen LogP contribution in [-0.2, 0) is 0 Å². The molecule has 1 amide bonds. The smallest absolute Gasteiger partial charge is 0.267 e. The number of unbranched alkanes of at least 4 members (excludes halogenated alkanes) is 1. The number of fused-ring (bicyclic) bond motifs is 1. The first kappa shape index (κ1) is 12.9. The Morgan fingerprint density at radius 1 is 1.33 bits per heavy atom. The summed E-state index contributed by atoms with van der Waals surface area (Å²) in [7, 11) is 0. The number of hydrogen-bond donors (Lipinski definition) is 3. The van der Waals surface area contributed by atoms with Gasteiger partial charge in [0.25, 0.3) is 5.91 Å². The zero-order chi connectivity index (χ0) is 13.0. The Kier molecular flexibility index (Phi) is 4.23. The van der Waals surface area contributed by atoms with Gasteiger partial charge in [-0.05, 0) is 37.1 Å². The number of benzene rings is 1. The number of aromatic nitrogens is 1. The third-order valence-electron chi connectivity index (χ3n) is 2.70. The van der Waals surface area contributed by atoms with E-state index in [-0.39, 0.29) is 12.5 Å². The second-order valence-corrected chi connectivity index (χ2v) is 4.54. The molecule has 1 aromatic carbocycles. The number of carbonyl (C=O) groups is 1. The number of carbonyl (C=O) groups excluding carboxylic acids is 1. The summed E-state index contributed by atoms with van der Waals surface area (Å²) in [6, 6.07) is 7.22. The number of amides is 1. The van der Waals surface area contributed by atoms with E-state index in [1.54, 1.807) is 12.1 Å². The lowest BCUT2D eigenvalue weighted by Gasteiger charge is -2.01. The molecular weight excluding hydrogens is 252 g/mol. The highest BCUT2D eigenvalue weighted by Crippen LogP contribution is 2.19. The zero-order valence-corrected chi connectivity index (χ0v) is 10.6. The standard InChI is InChI=1S/C13H15ClN2O2/c14-10-3-4-11-9(7-10)8-12(16-11)13(18)15-5-1-2-6-17/h3-4,7-8,16-17H,1-2,5-6H2,(H,15,18). The lowest BCUT2D eigenvalue weighted by atomic mass is 10.2. The summed E-state index contributed by atoms with van der Waals surface area (Å²) in [5, 5.41) is 13.0. The molecule has 18 heavy (non-hydrogen) atoms. The van der Waals surface area contributed by atoms with Crippen molar-refractivity contribution in [3.05, 3.63) is 35.0 Å². The predicted molar refractivity (Wildman–Crippen MR) is 72.0 cm³/mol. The van der Waals surface area contributed by atoms with Crippen molar-refractivity contribution in [3.8, 4) is 0 Å². The molecule has 0 fully saturated rings. The van der Waals surface area contributed by atoms with Gasteiger partial charge in [-0.2, -0.15) is 0 Å². The quantitative estimate of drug-likeness (QED) is 0.727. The van der Waals surface area contributed by atoms with Crippen molar-refractivity contribution in [2.24, 2.45) is 0 Å². The number of aliphatic hydroxyl groups excluding tert-OH is 1. The van der Waals surface area contributed by atoms with Crippen LogP contribution in [0.2, 0.25) is 5.02 Å². The van der Waals surface area contributed by atoms with Crippen LogP contribution in [0.4, 0.5) is 0 Å². The van der Waals surface area contributed by atoms with Crippen LogP contribution in [-0.4, -0.2) is 29.1 Å². The Hall–Kier alpha value is -1.52. The number of aliphatic hydroxyl groups is 1. The van der Waals surface area contributed by atoms with Gasteiger partial charge in [-0.3, -0.25) is 4.79 Å². The molecule has 0 aliphatic heterocycles. The summed E-state index contributed by atoms with van der Waals surface area (Å²) in [6.07, 6.45) is 1.47. The van der Waals surface area contributed by atoms with Gasteiger partial charge in [0.15, 0.2) is 0 Å². The van der Waals surface area contributed by atoms with Gasteiger partial charge in [-0.15, -0.1) is 0 Å². The minimum atomic E-state index is -0.139. The van der Waals surface area contributed by atoms with Gasteiger partial charge in [0.2, 0.25) is 0 Å². The average Bonchev–Trinajstić information content (AvgIpc) is 2.77. The van der Waals surface area contributed by atoms with Gasteiger partial charge in [0, 0.05) is 29.1 Å². The Labute approximate surface area is 110 Å². The van der Waals surface area contributed by atoms with Gasteiger partial charge < -0.3 is 15.4 Å². The van der Waals surface area contributed by atoms with Crippen molar-refractivity contribution in [2.45, 2.75) is 12.8 Å². The van der Waals surface area contributed by atoms with Crippen molar-refractivity contribution in [1.82, 2.24) is 10.3 Å². The molecule has 2 aromatic rings. The molecule has 0 radical (unpaired) electrons. The fourth-order valence-electron chi connectivity index (χ4n) is 1.76. The largest absolute Gasteiger partial charge is 0.396 e. The van der Waals surface area contributed by atoms with Crippen LogP contribution in [0.25, 0.3) is 10.9 Å². The first-order chi connectivity index (χ1) is 8.70. The number of nitrogens with one attached hydrogen (secondary N) is 2. The maximum atomic E-state index is 11.8. The molecule has 0 aliphatic carbocycles. The van der Waals surface area contributed by atoms with Crippen LogP contribution >= 0.6 is 11.6 Å². The van der Waals surface area contributed by atoms with E-state index in [2.05, 4.69) is 10.3 Å². The number of aromatic amines is 1. The number of rotatable bonds is 5. The van der Waals surface area contributed by atoms with Gasteiger partial charge in [0.05, 0.1) is 0 Å². The monoisotopic (exact) mass is 266 g/mol. The summed E-state index contributed by atoms with van der Waals surface area (Å²) in [4.78, 5) is 14.9. The van der Waals surface area contributed by atoms with E-state index in [0.717, 1.165) is 17.3 Å². The van der Waals surface area contributed by atoms with E-state index in [9.17, 15) is 4.79 Å². The molecule has 0 bridgehead atoms. The molecule has 96 valence electrons. The topological polar surface area (TPSA) is 65.1 Å². The molecule has 0 aliphatic rings. The van der Waals surface area contributed by atoms with Crippen LogP contribution in [0, 0.1) is 0 Å². The third-order valence-corrected chi connectivity index (χ3v) is 2.93. The summed E-state index contributed by atoms with van der Waals surface area (Å²) < 4.78 is 0. The minimum absolute atomic E-state index is 0.139. The Bertz CT molecular complexity index is 551. The Morgan fingerprint density at radius 2 is 2.17 bits per heavy atom. The first-order valence-electron chi connectivity index (χ1n) is 5.88. The number of H-pyrrole nitrogens is 1. The Balaban J connectivity index is 2.04. The van der Waals surface area contributed by atoms with E-state index in [0.29, 0.717) is 23.7 Å².